The van der Waals surface area contributed by atoms with Gasteiger partial charge in [-0.3, -0.25) is 9.89 Å². The van der Waals surface area contributed by atoms with Crippen LogP contribution in [0.25, 0.3) is 22.3 Å². The molecule has 0 spiro atoms. The molecule has 0 saturated carbocycles. The van der Waals surface area contributed by atoms with Crippen molar-refractivity contribution in [2.24, 2.45) is 0 Å². The van der Waals surface area contributed by atoms with Gasteiger partial charge in [-0.1, -0.05) is 11.6 Å². The average Bonchev–Trinajstić information content (AvgIpc) is 3.25. The van der Waals surface area contributed by atoms with Crippen molar-refractivity contribution >= 4 is 28.4 Å². The number of hydrogen-bond acceptors (Lipinski definition) is 4. The van der Waals surface area contributed by atoms with Gasteiger partial charge in [0.25, 0.3) is 0 Å². The van der Waals surface area contributed by atoms with Crippen LogP contribution in [0.4, 0.5) is 13.2 Å². The first-order valence-electron chi connectivity index (χ1n) is 9.19. The minimum atomic E-state index is -4.81. The second-order valence-corrected chi connectivity index (χ2v) is 7.48. The molecule has 0 aliphatic carbocycles. The smallest absolute Gasteiger partial charge is 0.406 e. The van der Waals surface area contributed by atoms with E-state index in [4.69, 9.17) is 11.6 Å². The molecule has 0 atom stereocenters. The van der Waals surface area contributed by atoms with Gasteiger partial charge in [-0.15, -0.1) is 13.2 Å². The lowest BCUT2D eigenvalue weighted by atomic mass is 10.0. The Morgan fingerprint density at radius 1 is 1.19 bits per heavy atom. The Morgan fingerprint density at radius 2 is 1.97 bits per heavy atom. The van der Waals surface area contributed by atoms with E-state index in [1.54, 1.807) is 18.3 Å². The number of hydrogen-bond donors (Lipinski definition) is 2. The minimum absolute atomic E-state index is 0.115. The topological polar surface area (TPSA) is 83.7 Å². The number of ether oxygens (including phenoxy) is 1. The van der Waals surface area contributed by atoms with Crippen molar-refractivity contribution in [3.8, 4) is 17.0 Å². The first kappa shape index (κ1) is 20.9. The lowest BCUT2D eigenvalue weighted by Crippen LogP contribution is -2.17. The van der Waals surface area contributed by atoms with Crippen molar-refractivity contribution in [3.05, 3.63) is 64.1 Å². The van der Waals surface area contributed by atoms with Gasteiger partial charge in [-0.2, -0.15) is 5.10 Å². The van der Waals surface area contributed by atoms with E-state index in [9.17, 15) is 18.0 Å². The van der Waals surface area contributed by atoms with Crippen LogP contribution in [0.2, 0.25) is 5.02 Å². The van der Waals surface area contributed by atoms with Crippen LogP contribution in [0.3, 0.4) is 0 Å². The number of ketones is 1. The number of pyridine rings is 1. The highest BCUT2D eigenvalue weighted by atomic mass is 35.5. The Balaban J connectivity index is 1.63. The number of H-pyrrole nitrogens is 2. The number of benzene rings is 1. The predicted molar refractivity (Wildman–Crippen MR) is 109 cm³/mol. The van der Waals surface area contributed by atoms with Crippen molar-refractivity contribution in [2.75, 3.05) is 0 Å². The second-order valence-electron chi connectivity index (χ2n) is 7.08. The molecule has 2 N–H and O–H groups in total. The molecule has 31 heavy (non-hydrogen) atoms. The molecule has 10 heteroatoms. The maximum atomic E-state index is 12.6. The Hall–Kier alpha value is -3.33. The average molecular weight is 449 g/mol. The fourth-order valence-electron chi connectivity index (χ4n) is 3.24. The Labute approximate surface area is 179 Å². The number of carbonyl (C=O) groups excluding carboxylic acids is 1. The summed E-state index contributed by atoms with van der Waals surface area (Å²) in [5.74, 6) is -0.520. The number of aryl methyl sites for hydroxylation is 1. The van der Waals surface area contributed by atoms with Gasteiger partial charge in [0.2, 0.25) is 0 Å². The molecule has 1 aromatic carbocycles. The highest BCUT2D eigenvalue weighted by Gasteiger charge is 2.31. The number of nitrogens with zero attached hydrogens (tertiary/aromatic N) is 2. The fourth-order valence-corrected chi connectivity index (χ4v) is 3.46. The molecule has 0 unspecified atom stereocenters. The van der Waals surface area contributed by atoms with Gasteiger partial charge in [0.1, 0.15) is 17.1 Å². The lowest BCUT2D eigenvalue weighted by Gasteiger charge is -2.10. The Morgan fingerprint density at radius 3 is 2.65 bits per heavy atom. The summed E-state index contributed by atoms with van der Waals surface area (Å²) in [6, 6.07) is 7.17. The molecule has 0 saturated heterocycles. The normalized spacial score (nSPS) is 11.8. The standard InChI is InChI=1S/C21H16ClF3N4O2/c1-10-11(2)28-29-19(10)18(30)6-12-5-13-7-17(27-20(13)26-9-12)15-8-14(3-4-16(15)22)31-21(23,24)25/h3-5,7-9H,6H2,1-2H3,(H,26,27)(H,28,29). The summed E-state index contributed by atoms with van der Waals surface area (Å²) >= 11 is 6.18. The summed E-state index contributed by atoms with van der Waals surface area (Å²) in [7, 11) is 0. The molecular weight excluding hydrogens is 433 g/mol. The van der Waals surface area contributed by atoms with E-state index in [-0.39, 0.29) is 23.0 Å². The number of carbonyl (C=O) groups is 1. The quantitative estimate of drug-likeness (QED) is 0.392. The summed E-state index contributed by atoms with van der Waals surface area (Å²) in [5, 5.41) is 7.79. The third kappa shape index (κ3) is 4.41. The molecule has 0 fully saturated rings. The van der Waals surface area contributed by atoms with Gasteiger partial charge in [-0.05, 0) is 49.7 Å². The van der Waals surface area contributed by atoms with E-state index < -0.39 is 6.36 Å². The molecule has 6 nitrogen and oxygen atoms in total. The third-order valence-electron chi connectivity index (χ3n) is 4.87. The summed E-state index contributed by atoms with van der Waals surface area (Å²) in [6.07, 6.45) is -3.12. The molecular formula is C21H16ClF3N4O2. The number of fused-ring (bicyclic) bond motifs is 1. The van der Waals surface area contributed by atoms with Crippen LogP contribution < -0.4 is 4.74 Å². The molecule has 3 aromatic heterocycles. The molecule has 4 aromatic rings. The number of Topliss-reactive ketones (excluding diaryl/α,β-unsaturated/α-hetero) is 1. The van der Waals surface area contributed by atoms with E-state index in [2.05, 4.69) is 24.9 Å². The van der Waals surface area contributed by atoms with Crippen LogP contribution in [0.15, 0.2) is 36.5 Å². The van der Waals surface area contributed by atoms with Gasteiger partial charge >= 0.3 is 6.36 Å². The lowest BCUT2D eigenvalue weighted by molar-refractivity contribution is -0.274. The largest absolute Gasteiger partial charge is 0.573 e. The van der Waals surface area contributed by atoms with Crippen LogP contribution >= 0.6 is 11.6 Å². The Kier molecular flexibility index (Phi) is 5.22. The van der Waals surface area contributed by atoms with Crippen LogP contribution in [-0.4, -0.2) is 32.3 Å². The number of halogens is 4. The predicted octanol–water partition coefficient (Wildman–Crippen LogP) is 5.55. The van der Waals surface area contributed by atoms with Crippen molar-refractivity contribution in [1.82, 2.24) is 20.2 Å². The molecule has 3 heterocycles. The molecule has 0 radical (unpaired) electrons. The summed E-state index contributed by atoms with van der Waals surface area (Å²) in [6.45, 7) is 3.67. The van der Waals surface area contributed by atoms with E-state index in [1.807, 2.05) is 13.8 Å². The number of rotatable bonds is 5. The summed E-state index contributed by atoms with van der Waals surface area (Å²) in [5.41, 5.74) is 4.03. The molecule has 4 rings (SSSR count). The minimum Gasteiger partial charge on any atom is -0.406 e. The monoisotopic (exact) mass is 448 g/mol. The highest BCUT2D eigenvalue weighted by Crippen LogP contribution is 2.34. The van der Waals surface area contributed by atoms with Crippen LogP contribution in [0.1, 0.15) is 27.3 Å². The summed E-state index contributed by atoms with van der Waals surface area (Å²) < 4.78 is 41.6. The molecule has 0 aliphatic heterocycles. The zero-order valence-corrected chi connectivity index (χ0v) is 17.1. The van der Waals surface area contributed by atoms with Crippen LogP contribution in [0, 0.1) is 13.8 Å². The van der Waals surface area contributed by atoms with Crippen molar-refractivity contribution < 1.29 is 22.7 Å². The fraction of sp³-hybridized carbons (Fsp3) is 0.190. The van der Waals surface area contributed by atoms with Gasteiger partial charge in [-0.25, -0.2) is 4.98 Å². The van der Waals surface area contributed by atoms with Crippen molar-refractivity contribution in [1.29, 1.82) is 0 Å². The van der Waals surface area contributed by atoms with Crippen molar-refractivity contribution in [2.45, 2.75) is 26.6 Å². The zero-order chi connectivity index (χ0) is 22.3. The van der Waals surface area contributed by atoms with E-state index in [1.165, 1.54) is 12.1 Å². The molecule has 160 valence electrons. The van der Waals surface area contributed by atoms with E-state index in [0.717, 1.165) is 17.3 Å². The zero-order valence-electron chi connectivity index (χ0n) is 16.4. The first-order valence-corrected chi connectivity index (χ1v) is 9.56. The number of alkyl halides is 3. The molecule has 0 amide bonds. The second kappa shape index (κ2) is 7.73. The number of aromatic amines is 2. The number of aromatic nitrogens is 4. The molecule has 0 aliphatic rings. The van der Waals surface area contributed by atoms with Crippen molar-refractivity contribution in [3.63, 3.8) is 0 Å². The van der Waals surface area contributed by atoms with Crippen LogP contribution in [-0.2, 0) is 6.42 Å². The maximum absolute atomic E-state index is 12.6. The SMILES string of the molecule is Cc1[nH]nc(C(=O)Cc2cnc3[nH]c(-c4cc(OC(F)(F)F)ccc4Cl)cc3c2)c1C. The van der Waals surface area contributed by atoms with Gasteiger partial charge in [0.15, 0.2) is 5.78 Å². The van der Waals surface area contributed by atoms with E-state index in [0.29, 0.717) is 33.5 Å². The first-order chi connectivity index (χ1) is 14.6. The maximum Gasteiger partial charge on any atom is 0.573 e. The van der Waals surface area contributed by atoms with E-state index >= 15 is 0 Å². The third-order valence-corrected chi connectivity index (χ3v) is 5.20. The molecule has 0 bridgehead atoms. The summed E-state index contributed by atoms with van der Waals surface area (Å²) in [4.78, 5) is 19.9. The van der Waals surface area contributed by atoms with Gasteiger partial charge < -0.3 is 9.72 Å². The van der Waals surface area contributed by atoms with Gasteiger partial charge in [0.05, 0.1) is 5.02 Å². The Bertz CT molecular complexity index is 1290. The van der Waals surface area contributed by atoms with Crippen LogP contribution in [0.5, 0.6) is 5.75 Å². The van der Waals surface area contributed by atoms with Gasteiger partial charge in [0, 0.05) is 40.5 Å². The highest BCUT2D eigenvalue weighted by molar-refractivity contribution is 6.33. The number of nitrogens with one attached hydrogen (secondary N) is 2.